The zero-order valence-corrected chi connectivity index (χ0v) is 8.50. The monoisotopic (exact) mass is 194 g/mol. The van der Waals surface area contributed by atoms with Crippen molar-refractivity contribution in [2.24, 2.45) is 0 Å². The fourth-order valence-corrected chi connectivity index (χ4v) is 1.65. The summed E-state index contributed by atoms with van der Waals surface area (Å²) >= 11 is 2.91. The van der Waals surface area contributed by atoms with E-state index in [1.165, 1.54) is 11.8 Å². The average molecular weight is 194 g/mol. The molecular formula is C7H14O2S2. The first-order chi connectivity index (χ1) is 5.20. The highest BCUT2D eigenvalue weighted by Gasteiger charge is 2.07. The Morgan fingerprint density at radius 3 is 2.73 bits per heavy atom. The van der Waals surface area contributed by atoms with Crippen molar-refractivity contribution in [3.63, 3.8) is 0 Å². The van der Waals surface area contributed by atoms with E-state index in [2.05, 4.69) is 0 Å². The van der Waals surface area contributed by atoms with Gasteiger partial charge in [-0.15, -0.1) is 0 Å². The number of rotatable bonds is 5. The van der Waals surface area contributed by atoms with E-state index in [9.17, 15) is 4.79 Å². The maximum absolute atomic E-state index is 11.0. The zero-order chi connectivity index (χ0) is 8.69. The van der Waals surface area contributed by atoms with Crippen LogP contribution in [-0.4, -0.2) is 34.1 Å². The molecule has 0 rings (SSSR count). The molecule has 0 heterocycles. The Bertz CT molecular complexity index is 117. The minimum Gasteiger partial charge on any atom is -0.396 e. The molecule has 2 nitrogen and oxygen atoms in total. The van der Waals surface area contributed by atoms with Crippen molar-refractivity contribution in [2.45, 2.75) is 18.6 Å². The summed E-state index contributed by atoms with van der Waals surface area (Å²) in [5, 5.41) is 9.01. The summed E-state index contributed by atoms with van der Waals surface area (Å²) in [7, 11) is 0. The molecule has 0 aliphatic rings. The Morgan fingerprint density at radius 2 is 2.27 bits per heavy atom. The maximum atomic E-state index is 11.0. The van der Waals surface area contributed by atoms with Crippen LogP contribution in [0.2, 0.25) is 0 Å². The van der Waals surface area contributed by atoms with Gasteiger partial charge in [-0.2, -0.15) is 11.8 Å². The van der Waals surface area contributed by atoms with Crippen molar-refractivity contribution in [1.29, 1.82) is 0 Å². The van der Waals surface area contributed by atoms with Gasteiger partial charge in [0, 0.05) is 17.4 Å². The third-order valence-corrected chi connectivity index (χ3v) is 3.06. The Hall–Kier alpha value is 0.330. The summed E-state index contributed by atoms with van der Waals surface area (Å²) in [5.74, 6) is 0.528. The molecule has 1 N–H and O–H groups in total. The molecule has 0 aromatic rings. The highest BCUT2D eigenvalue weighted by Crippen LogP contribution is 2.14. The number of aliphatic hydroxyl groups is 1. The first-order valence-electron chi connectivity index (χ1n) is 3.50. The van der Waals surface area contributed by atoms with Crippen molar-refractivity contribution in [3.05, 3.63) is 0 Å². The van der Waals surface area contributed by atoms with E-state index in [1.54, 1.807) is 11.8 Å². The van der Waals surface area contributed by atoms with Crippen LogP contribution in [0.4, 0.5) is 0 Å². The number of thioether (sulfide) groups is 2. The summed E-state index contributed by atoms with van der Waals surface area (Å²) < 4.78 is 0. The summed E-state index contributed by atoms with van der Waals surface area (Å²) in [6.45, 7) is 2.12. The van der Waals surface area contributed by atoms with Crippen molar-refractivity contribution in [1.82, 2.24) is 0 Å². The van der Waals surface area contributed by atoms with E-state index in [-0.39, 0.29) is 11.7 Å². The fourth-order valence-electron chi connectivity index (χ4n) is 0.536. The van der Waals surface area contributed by atoms with E-state index in [1.807, 2.05) is 13.2 Å². The molecular weight excluding hydrogens is 180 g/mol. The van der Waals surface area contributed by atoms with Crippen LogP contribution in [0.1, 0.15) is 13.3 Å². The van der Waals surface area contributed by atoms with Gasteiger partial charge in [0.15, 0.2) is 5.12 Å². The van der Waals surface area contributed by atoms with Crippen LogP contribution in [-0.2, 0) is 4.79 Å². The van der Waals surface area contributed by atoms with Crippen LogP contribution in [0, 0.1) is 0 Å². The van der Waals surface area contributed by atoms with Crippen LogP contribution in [0.15, 0.2) is 0 Å². The van der Waals surface area contributed by atoms with Crippen LogP contribution in [0.5, 0.6) is 0 Å². The highest BCUT2D eigenvalue weighted by molar-refractivity contribution is 8.13. The molecule has 66 valence electrons. The summed E-state index contributed by atoms with van der Waals surface area (Å²) in [4.78, 5) is 11.0. The van der Waals surface area contributed by atoms with E-state index in [0.717, 1.165) is 0 Å². The lowest BCUT2D eigenvalue weighted by Crippen LogP contribution is -2.04. The smallest absolute Gasteiger partial charge is 0.190 e. The molecule has 0 aromatic heterocycles. The van der Waals surface area contributed by atoms with Crippen molar-refractivity contribution < 1.29 is 9.90 Å². The van der Waals surface area contributed by atoms with Gasteiger partial charge in [0.25, 0.3) is 0 Å². The van der Waals surface area contributed by atoms with Crippen LogP contribution < -0.4 is 0 Å². The second kappa shape index (κ2) is 7.00. The van der Waals surface area contributed by atoms with Gasteiger partial charge in [-0.1, -0.05) is 18.7 Å². The van der Waals surface area contributed by atoms with Gasteiger partial charge in [-0.3, -0.25) is 4.79 Å². The lowest BCUT2D eigenvalue weighted by atomic mass is 10.4. The highest BCUT2D eigenvalue weighted by atomic mass is 32.2. The Labute approximate surface area is 76.1 Å². The van der Waals surface area contributed by atoms with Crippen molar-refractivity contribution in [3.8, 4) is 0 Å². The van der Waals surface area contributed by atoms with Crippen molar-refractivity contribution >= 4 is 28.6 Å². The molecule has 0 radical (unpaired) electrons. The molecule has 0 aliphatic heterocycles. The molecule has 11 heavy (non-hydrogen) atoms. The number of aliphatic hydroxyl groups excluding tert-OH is 1. The molecule has 1 atom stereocenters. The zero-order valence-electron chi connectivity index (χ0n) is 6.87. The fraction of sp³-hybridized carbons (Fsp3) is 0.857. The molecule has 0 fully saturated rings. The molecule has 0 spiro atoms. The number of hydrogen-bond donors (Lipinski definition) is 1. The quantitative estimate of drug-likeness (QED) is 0.717. The molecule has 1 unspecified atom stereocenters. The third kappa shape index (κ3) is 6.72. The van der Waals surface area contributed by atoms with Gasteiger partial charge in [0.1, 0.15) is 0 Å². The Kier molecular flexibility index (Phi) is 7.22. The predicted octanol–water partition coefficient (Wildman–Crippen LogP) is 1.38. The minimum atomic E-state index is 0.0874. The lowest BCUT2D eigenvalue weighted by molar-refractivity contribution is -0.110. The van der Waals surface area contributed by atoms with Crippen LogP contribution in [0.3, 0.4) is 0 Å². The average Bonchev–Trinajstić information content (AvgIpc) is 2.00. The normalized spacial score (nSPS) is 13.0. The van der Waals surface area contributed by atoms with Crippen LogP contribution in [0.25, 0.3) is 0 Å². The first-order valence-corrected chi connectivity index (χ1v) is 5.77. The van der Waals surface area contributed by atoms with Gasteiger partial charge in [-0.25, -0.2) is 0 Å². The van der Waals surface area contributed by atoms with Gasteiger partial charge < -0.3 is 5.11 Å². The van der Waals surface area contributed by atoms with Crippen molar-refractivity contribution in [2.75, 3.05) is 18.6 Å². The molecule has 4 heteroatoms. The maximum Gasteiger partial charge on any atom is 0.190 e. The standard InChI is InChI=1S/C7H14O2S2/c1-6(10-2)5-7(9)11-4-3-8/h6,8H,3-5H2,1-2H3. The summed E-state index contributed by atoms with van der Waals surface area (Å²) in [6.07, 6.45) is 2.60. The van der Waals surface area contributed by atoms with Gasteiger partial charge in [0.05, 0.1) is 6.61 Å². The molecule has 0 saturated carbocycles. The minimum absolute atomic E-state index is 0.0874. The number of hydrogen-bond acceptors (Lipinski definition) is 4. The molecule has 0 saturated heterocycles. The summed E-state index contributed by atoms with van der Waals surface area (Å²) in [6, 6.07) is 0. The molecule has 0 bridgehead atoms. The second-order valence-electron chi connectivity index (χ2n) is 2.19. The number of carbonyl (C=O) groups is 1. The topological polar surface area (TPSA) is 37.3 Å². The lowest BCUT2D eigenvalue weighted by Gasteiger charge is -2.04. The first kappa shape index (κ1) is 11.3. The largest absolute Gasteiger partial charge is 0.396 e. The second-order valence-corrected chi connectivity index (χ2v) is 4.62. The molecule has 0 aliphatic carbocycles. The third-order valence-electron chi connectivity index (χ3n) is 1.21. The Balaban J connectivity index is 3.36. The predicted molar refractivity (Wildman–Crippen MR) is 52.1 cm³/mol. The van der Waals surface area contributed by atoms with Gasteiger partial charge >= 0.3 is 0 Å². The van der Waals surface area contributed by atoms with E-state index in [0.29, 0.717) is 17.4 Å². The molecule has 0 aromatic carbocycles. The summed E-state index contributed by atoms with van der Waals surface area (Å²) in [5.41, 5.74) is 0. The number of carbonyl (C=O) groups excluding carboxylic acids is 1. The SMILES string of the molecule is CSC(C)CC(=O)SCCO. The van der Waals surface area contributed by atoms with E-state index < -0.39 is 0 Å². The van der Waals surface area contributed by atoms with Crippen LogP contribution >= 0.6 is 23.5 Å². The van der Waals surface area contributed by atoms with Gasteiger partial charge in [0.2, 0.25) is 0 Å². The van der Waals surface area contributed by atoms with Gasteiger partial charge in [-0.05, 0) is 6.26 Å². The Morgan fingerprint density at radius 1 is 1.64 bits per heavy atom. The molecule has 0 amide bonds. The van der Waals surface area contributed by atoms with E-state index >= 15 is 0 Å². The van der Waals surface area contributed by atoms with E-state index in [4.69, 9.17) is 5.11 Å².